The Labute approximate surface area is 151 Å². The molecule has 0 aliphatic carbocycles. The molecule has 0 unspecified atom stereocenters. The Hall–Kier alpha value is -3.80. The number of nitrogens with two attached hydrogens (primary N) is 3. The topological polar surface area (TPSA) is 124 Å². The van der Waals surface area contributed by atoms with Crippen LogP contribution in [0.3, 0.4) is 0 Å². The molecule has 0 spiro atoms. The fraction of sp³-hybridized carbons (Fsp3) is 0. The van der Waals surface area contributed by atoms with Crippen molar-refractivity contribution in [3.63, 3.8) is 0 Å². The van der Waals surface area contributed by atoms with Gasteiger partial charge in [-0.05, 0) is 48.5 Å². The van der Waals surface area contributed by atoms with Gasteiger partial charge in [-0.15, -0.1) is 0 Å². The average Bonchev–Trinajstić information content (AvgIpc) is 2.65. The number of carbonyl (C=O) groups excluding carboxylic acids is 2. The predicted molar refractivity (Wildman–Crippen MR) is 105 cm³/mol. The van der Waals surface area contributed by atoms with Crippen LogP contribution >= 0.6 is 0 Å². The maximum Gasteiger partial charge on any atom is 0.255 e. The molecule has 0 fully saturated rings. The lowest BCUT2D eigenvalue weighted by Crippen LogP contribution is -2.13. The largest absolute Gasteiger partial charge is 0.399 e. The van der Waals surface area contributed by atoms with Crippen LogP contribution in [0.2, 0.25) is 0 Å². The third-order valence-electron chi connectivity index (χ3n) is 3.44. The highest BCUT2D eigenvalue weighted by Gasteiger charge is 2.06. The molecule has 3 aromatic carbocycles. The lowest BCUT2D eigenvalue weighted by Gasteiger charge is -2.07. The Kier molecular flexibility index (Phi) is 6.34. The molecule has 26 heavy (non-hydrogen) atoms. The van der Waals surface area contributed by atoms with E-state index < -0.39 is 0 Å². The molecular weight excluding hydrogens is 328 g/mol. The Morgan fingerprint density at radius 3 is 1.81 bits per heavy atom. The van der Waals surface area contributed by atoms with Gasteiger partial charge in [-0.2, -0.15) is 0 Å². The van der Waals surface area contributed by atoms with Crippen molar-refractivity contribution < 1.29 is 9.59 Å². The first-order valence-electron chi connectivity index (χ1n) is 7.83. The number of hydrogen-bond acceptors (Lipinski definition) is 4. The number of hydrogen-bond donors (Lipinski definition) is 4. The summed E-state index contributed by atoms with van der Waals surface area (Å²) in [4.78, 5) is 22.3. The summed E-state index contributed by atoms with van der Waals surface area (Å²) in [6.45, 7) is 0. The zero-order chi connectivity index (χ0) is 18.9. The minimum atomic E-state index is -0.379. The van der Waals surface area contributed by atoms with Crippen molar-refractivity contribution in [1.82, 2.24) is 0 Å². The van der Waals surface area contributed by atoms with Gasteiger partial charge >= 0.3 is 0 Å². The fourth-order valence-electron chi connectivity index (χ4n) is 2.04. The van der Waals surface area contributed by atoms with Crippen LogP contribution in [0.25, 0.3) is 0 Å². The molecule has 3 aromatic rings. The minimum Gasteiger partial charge on any atom is -0.399 e. The first kappa shape index (κ1) is 18.5. The average molecular weight is 348 g/mol. The van der Waals surface area contributed by atoms with Crippen LogP contribution in [0.5, 0.6) is 0 Å². The molecule has 132 valence electrons. The summed E-state index contributed by atoms with van der Waals surface area (Å²) in [5.41, 5.74) is 19.1. The summed E-state index contributed by atoms with van der Waals surface area (Å²) in [5.74, 6) is -0.585. The lowest BCUT2D eigenvalue weighted by atomic mass is 10.2. The molecule has 0 saturated heterocycles. The summed E-state index contributed by atoms with van der Waals surface area (Å²) >= 11 is 0. The van der Waals surface area contributed by atoms with Crippen LogP contribution in [0.15, 0.2) is 78.9 Å². The maximum atomic E-state index is 11.9. The van der Waals surface area contributed by atoms with Gasteiger partial charge in [-0.1, -0.05) is 30.3 Å². The summed E-state index contributed by atoms with van der Waals surface area (Å²) in [6.07, 6.45) is 0. The molecule has 0 aromatic heterocycles. The maximum absolute atomic E-state index is 11.9. The normalized spacial score (nSPS) is 9.54. The highest BCUT2D eigenvalue weighted by molar-refractivity contribution is 6.05. The van der Waals surface area contributed by atoms with Crippen molar-refractivity contribution in [1.29, 1.82) is 0 Å². The highest BCUT2D eigenvalue weighted by atomic mass is 16.2. The van der Waals surface area contributed by atoms with E-state index in [1.807, 2.05) is 18.2 Å². The summed E-state index contributed by atoms with van der Waals surface area (Å²) in [7, 11) is 0. The third kappa shape index (κ3) is 5.38. The van der Waals surface area contributed by atoms with E-state index in [0.29, 0.717) is 28.2 Å². The lowest BCUT2D eigenvalue weighted by molar-refractivity contribution is 0.0997. The van der Waals surface area contributed by atoms with Gasteiger partial charge in [-0.3, -0.25) is 9.59 Å². The number of anilines is 3. The number of amides is 2. The number of para-hydroxylation sites is 2. The van der Waals surface area contributed by atoms with E-state index >= 15 is 0 Å². The number of primary amides is 1. The number of benzene rings is 3. The van der Waals surface area contributed by atoms with E-state index in [2.05, 4.69) is 5.32 Å². The van der Waals surface area contributed by atoms with Gasteiger partial charge in [0.2, 0.25) is 5.91 Å². The van der Waals surface area contributed by atoms with Crippen LogP contribution in [-0.4, -0.2) is 11.8 Å². The fourth-order valence-corrected chi connectivity index (χ4v) is 2.04. The number of nitrogen functional groups attached to an aromatic ring is 2. The van der Waals surface area contributed by atoms with Gasteiger partial charge in [0.25, 0.3) is 5.91 Å². The Morgan fingerprint density at radius 2 is 1.27 bits per heavy atom. The van der Waals surface area contributed by atoms with Gasteiger partial charge < -0.3 is 22.5 Å². The molecular formula is C20H20N4O2. The monoisotopic (exact) mass is 348 g/mol. The Morgan fingerprint density at radius 1 is 0.692 bits per heavy atom. The van der Waals surface area contributed by atoms with Gasteiger partial charge in [0.15, 0.2) is 0 Å². The molecule has 3 rings (SSSR count). The summed E-state index contributed by atoms with van der Waals surface area (Å²) in [6, 6.07) is 22.6. The molecule has 2 amide bonds. The van der Waals surface area contributed by atoms with Crippen molar-refractivity contribution in [2.45, 2.75) is 0 Å². The van der Waals surface area contributed by atoms with Crippen LogP contribution in [0.4, 0.5) is 17.1 Å². The SMILES string of the molecule is NC(=O)c1ccccc1.Nc1ccc(C(=O)Nc2ccccc2N)cc1. The summed E-state index contributed by atoms with van der Waals surface area (Å²) < 4.78 is 0. The van der Waals surface area contributed by atoms with Gasteiger partial charge in [0.1, 0.15) is 0 Å². The molecule has 0 aliphatic heterocycles. The van der Waals surface area contributed by atoms with E-state index in [0.717, 1.165) is 0 Å². The minimum absolute atomic E-state index is 0.206. The summed E-state index contributed by atoms with van der Waals surface area (Å²) in [5, 5.41) is 2.74. The van der Waals surface area contributed by atoms with Gasteiger partial charge in [-0.25, -0.2) is 0 Å². The second-order valence-corrected chi connectivity index (χ2v) is 5.39. The number of nitrogens with one attached hydrogen (secondary N) is 1. The molecule has 7 N–H and O–H groups in total. The quantitative estimate of drug-likeness (QED) is 0.543. The van der Waals surface area contributed by atoms with Gasteiger partial charge in [0, 0.05) is 16.8 Å². The molecule has 6 heteroatoms. The Bertz CT molecular complexity index is 878. The molecule has 0 bridgehead atoms. The standard InChI is InChI=1S/C13H13N3O.C7H7NO/c14-10-7-5-9(6-8-10)13(17)16-12-4-2-1-3-11(12)15;8-7(9)6-4-2-1-3-5-6/h1-8H,14-15H2,(H,16,17);1-5H,(H2,8,9). The van der Waals surface area contributed by atoms with Crippen molar-refractivity contribution in [3.8, 4) is 0 Å². The molecule has 0 radical (unpaired) electrons. The van der Waals surface area contributed by atoms with Crippen LogP contribution in [0.1, 0.15) is 20.7 Å². The zero-order valence-corrected chi connectivity index (χ0v) is 14.1. The van der Waals surface area contributed by atoms with Crippen LogP contribution in [-0.2, 0) is 0 Å². The molecule has 0 atom stereocenters. The molecule has 6 nitrogen and oxygen atoms in total. The second kappa shape index (κ2) is 8.89. The van der Waals surface area contributed by atoms with E-state index in [1.165, 1.54) is 0 Å². The van der Waals surface area contributed by atoms with Gasteiger partial charge in [0.05, 0.1) is 11.4 Å². The van der Waals surface area contributed by atoms with Crippen molar-refractivity contribution in [2.24, 2.45) is 5.73 Å². The predicted octanol–water partition coefficient (Wildman–Crippen LogP) is 2.89. The van der Waals surface area contributed by atoms with E-state index in [-0.39, 0.29) is 11.8 Å². The van der Waals surface area contributed by atoms with Crippen LogP contribution < -0.4 is 22.5 Å². The molecule has 0 aliphatic rings. The van der Waals surface area contributed by atoms with E-state index in [9.17, 15) is 9.59 Å². The molecule has 0 heterocycles. The first-order chi connectivity index (χ1) is 12.5. The van der Waals surface area contributed by atoms with E-state index in [4.69, 9.17) is 17.2 Å². The van der Waals surface area contributed by atoms with Crippen molar-refractivity contribution in [2.75, 3.05) is 16.8 Å². The smallest absolute Gasteiger partial charge is 0.255 e. The number of carbonyl (C=O) groups is 2. The number of rotatable bonds is 3. The Balaban J connectivity index is 0.000000228. The highest BCUT2D eigenvalue weighted by Crippen LogP contribution is 2.18. The van der Waals surface area contributed by atoms with Crippen molar-refractivity contribution in [3.05, 3.63) is 90.0 Å². The van der Waals surface area contributed by atoms with Crippen molar-refractivity contribution >= 4 is 28.9 Å². The van der Waals surface area contributed by atoms with Crippen LogP contribution in [0, 0.1) is 0 Å². The first-order valence-corrected chi connectivity index (χ1v) is 7.83. The molecule has 0 saturated carbocycles. The van der Waals surface area contributed by atoms with E-state index in [1.54, 1.807) is 60.7 Å². The zero-order valence-electron chi connectivity index (χ0n) is 14.1. The third-order valence-corrected chi connectivity index (χ3v) is 3.44. The second-order valence-electron chi connectivity index (χ2n) is 5.39.